The quantitative estimate of drug-likeness (QED) is 0.575. The van der Waals surface area contributed by atoms with Crippen LogP contribution in [-0.2, 0) is 14.3 Å². The summed E-state index contributed by atoms with van der Waals surface area (Å²) in [5.41, 5.74) is 3.82. The average Bonchev–Trinajstić information content (AvgIpc) is 3.13. The smallest absolute Gasteiger partial charge is 0.410 e. The van der Waals surface area contributed by atoms with E-state index in [2.05, 4.69) is 17.4 Å². The molecule has 0 unspecified atom stereocenters. The largest absolute Gasteiger partial charge is 0.480 e. The van der Waals surface area contributed by atoms with Gasteiger partial charge in [-0.15, -0.1) is 0 Å². The lowest BCUT2D eigenvalue weighted by molar-refractivity contribution is -0.138. The summed E-state index contributed by atoms with van der Waals surface area (Å²) < 4.78 is 11.1. The highest BCUT2D eigenvalue weighted by Gasteiger charge is 2.35. The molecule has 2 atom stereocenters. The van der Waals surface area contributed by atoms with Crippen molar-refractivity contribution in [2.45, 2.75) is 70.1 Å². The Morgan fingerprint density at radius 3 is 2.19 bits per heavy atom. The van der Waals surface area contributed by atoms with E-state index in [0.717, 1.165) is 35.1 Å². The molecule has 2 N–H and O–H groups in total. The Morgan fingerprint density at radius 2 is 1.61 bits per heavy atom. The molecule has 4 rings (SSSR count). The SMILES string of the molecule is CC(C)(C)OC(=O)N[C@H]1CCC[C@@H](N(CC(=O)O)C(=O)OCC2c3ccccc3-c3ccccc32)C1. The molecule has 8 nitrogen and oxygen atoms in total. The van der Waals surface area contributed by atoms with E-state index in [-0.39, 0.29) is 24.6 Å². The number of rotatable bonds is 6. The van der Waals surface area contributed by atoms with E-state index < -0.39 is 30.3 Å². The molecule has 0 radical (unpaired) electrons. The van der Waals surface area contributed by atoms with E-state index in [4.69, 9.17) is 9.47 Å². The van der Waals surface area contributed by atoms with Crippen LogP contribution in [0.15, 0.2) is 48.5 Å². The van der Waals surface area contributed by atoms with E-state index in [0.29, 0.717) is 12.8 Å². The number of nitrogens with one attached hydrogen (secondary N) is 1. The molecule has 1 saturated carbocycles. The van der Waals surface area contributed by atoms with Gasteiger partial charge in [-0.1, -0.05) is 48.5 Å². The van der Waals surface area contributed by atoms with Crippen LogP contribution < -0.4 is 5.32 Å². The number of carbonyl (C=O) groups excluding carboxylic acids is 2. The third-order valence-electron chi connectivity index (χ3n) is 6.68. The number of nitrogens with zero attached hydrogens (tertiary/aromatic N) is 1. The van der Waals surface area contributed by atoms with Crippen molar-refractivity contribution in [3.63, 3.8) is 0 Å². The second kappa shape index (κ2) is 10.6. The Labute approximate surface area is 211 Å². The number of alkyl carbamates (subject to hydrolysis) is 1. The van der Waals surface area contributed by atoms with E-state index in [1.807, 2.05) is 36.4 Å². The Morgan fingerprint density at radius 1 is 1.00 bits per heavy atom. The predicted molar refractivity (Wildman–Crippen MR) is 135 cm³/mol. The molecule has 1 fully saturated rings. The van der Waals surface area contributed by atoms with Crippen LogP contribution in [-0.4, -0.2) is 59.0 Å². The average molecular weight is 495 g/mol. The molecule has 2 amide bonds. The standard InChI is InChI=1S/C28H34N2O6/c1-28(2,3)36-26(33)29-18-9-8-10-19(15-18)30(16-25(31)32)27(34)35-17-24-22-13-6-4-11-20(22)21-12-5-7-14-23(21)24/h4-7,11-14,18-19,24H,8-10,15-17H2,1-3H3,(H,29,33)(H,31,32)/t18-,19+/m0/s1. The van der Waals surface area contributed by atoms with Crippen LogP contribution in [0, 0.1) is 0 Å². The molecule has 2 aliphatic rings. The van der Waals surface area contributed by atoms with Gasteiger partial charge in [0, 0.05) is 18.0 Å². The van der Waals surface area contributed by atoms with Crippen molar-refractivity contribution in [2.75, 3.05) is 13.2 Å². The van der Waals surface area contributed by atoms with E-state index in [1.54, 1.807) is 20.8 Å². The molecule has 0 heterocycles. The van der Waals surface area contributed by atoms with Gasteiger partial charge in [-0.3, -0.25) is 9.69 Å². The minimum atomic E-state index is -1.11. The summed E-state index contributed by atoms with van der Waals surface area (Å²) in [4.78, 5) is 38.3. The zero-order chi connectivity index (χ0) is 25.9. The Bertz CT molecular complexity index is 1080. The molecule has 2 aliphatic carbocycles. The highest BCUT2D eigenvalue weighted by atomic mass is 16.6. The van der Waals surface area contributed by atoms with Crippen LogP contribution in [0.2, 0.25) is 0 Å². The first kappa shape index (κ1) is 25.5. The minimum Gasteiger partial charge on any atom is -0.480 e. The van der Waals surface area contributed by atoms with Crippen molar-refractivity contribution >= 4 is 18.2 Å². The van der Waals surface area contributed by atoms with E-state index >= 15 is 0 Å². The van der Waals surface area contributed by atoms with Crippen molar-refractivity contribution in [1.82, 2.24) is 10.2 Å². The minimum absolute atomic E-state index is 0.110. The van der Waals surface area contributed by atoms with Crippen LogP contribution in [0.1, 0.15) is 63.5 Å². The number of carbonyl (C=O) groups is 3. The number of carboxylic acids is 1. The van der Waals surface area contributed by atoms with Gasteiger partial charge in [0.05, 0.1) is 0 Å². The first-order chi connectivity index (χ1) is 17.1. The molecular weight excluding hydrogens is 460 g/mol. The van der Waals surface area contributed by atoms with Crippen LogP contribution in [0.3, 0.4) is 0 Å². The number of fused-ring (bicyclic) bond motifs is 3. The summed E-state index contributed by atoms with van der Waals surface area (Å²) >= 11 is 0. The van der Waals surface area contributed by atoms with Crippen LogP contribution in [0.5, 0.6) is 0 Å². The van der Waals surface area contributed by atoms with E-state index in [1.165, 1.54) is 4.90 Å². The lowest BCUT2D eigenvalue weighted by atomic mass is 9.90. The fraction of sp³-hybridized carbons (Fsp3) is 0.464. The van der Waals surface area contributed by atoms with Gasteiger partial charge < -0.3 is 19.9 Å². The summed E-state index contributed by atoms with van der Waals surface area (Å²) in [5, 5.41) is 12.4. The highest BCUT2D eigenvalue weighted by Crippen LogP contribution is 2.44. The highest BCUT2D eigenvalue weighted by molar-refractivity contribution is 5.80. The van der Waals surface area contributed by atoms with Gasteiger partial charge in [0.1, 0.15) is 18.8 Å². The molecule has 0 bridgehead atoms. The lowest BCUT2D eigenvalue weighted by Crippen LogP contribution is -2.50. The number of hydrogen-bond acceptors (Lipinski definition) is 5. The number of hydrogen-bond donors (Lipinski definition) is 2. The van der Waals surface area contributed by atoms with Crippen LogP contribution in [0.25, 0.3) is 11.1 Å². The van der Waals surface area contributed by atoms with Crippen molar-refractivity contribution < 1.29 is 29.0 Å². The number of benzene rings is 2. The molecule has 0 aromatic heterocycles. The van der Waals surface area contributed by atoms with Crippen molar-refractivity contribution in [2.24, 2.45) is 0 Å². The van der Waals surface area contributed by atoms with Crippen LogP contribution in [0.4, 0.5) is 9.59 Å². The second-order valence-electron chi connectivity index (χ2n) is 10.5. The zero-order valence-corrected chi connectivity index (χ0v) is 21.0. The molecule has 0 aliphatic heterocycles. The van der Waals surface area contributed by atoms with Gasteiger partial charge in [-0.2, -0.15) is 0 Å². The van der Waals surface area contributed by atoms with Crippen molar-refractivity contribution in [1.29, 1.82) is 0 Å². The van der Waals surface area contributed by atoms with E-state index in [9.17, 15) is 19.5 Å². The van der Waals surface area contributed by atoms with Gasteiger partial charge in [0.2, 0.25) is 0 Å². The molecule has 2 aromatic carbocycles. The summed E-state index contributed by atoms with van der Waals surface area (Å²) in [7, 11) is 0. The Hall–Kier alpha value is -3.55. The summed E-state index contributed by atoms with van der Waals surface area (Å²) in [6, 6.07) is 15.5. The summed E-state index contributed by atoms with van der Waals surface area (Å²) in [6.07, 6.45) is 1.40. The van der Waals surface area contributed by atoms with Gasteiger partial charge in [-0.25, -0.2) is 9.59 Å². The van der Waals surface area contributed by atoms with Crippen LogP contribution >= 0.6 is 0 Å². The maximum atomic E-state index is 13.2. The molecule has 0 spiro atoms. The monoisotopic (exact) mass is 494 g/mol. The molecular formula is C28H34N2O6. The first-order valence-corrected chi connectivity index (χ1v) is 12.5. The third kappa shape index (κ3) is 5.98. The van der Waals surface area contributed by atoms with Crippen molar-refractivity contribution in [3.05, 3.63) is 59.7 Å². The first-order valence-electron chi connectivity index (χ1n) is 12.5. The van der Waals surface area contributed by atoms with Gasteiger partial charge in [0.25, 0.3) is 0 Å². The number of aliphatic carboxylic acids is 1. The number of amides is 2. The summed E-state index contributed by atoms with van der Waals surface area (Å²) in [5.74, 6) is -1.22. The maximum absolute atomic E-state index is 13.2. The Balaban J connectivity index is 1.44. The topological polar surface area (TPSA) is 105 Å². The van der Waals surface area contributed by atoms with Gasteiger partial charge >= 0.3 is 18.2 Å². The zero-order valence-electron chi connectivity index (χ0n) is 21.0. The fourth-order valence-electron chi connectivity index (χ4n) is 5.22. The van der Waals surface area contributed by atoms with Crippen molar-refractivity contribution in [3.8, 4) is 11.1 Å². The molecule has 0 saturated heterocycles. The molecule has 8 heteroatoms. The van der Waals surface area contributed by atoms with Gasteiger partial charge in [0.15, 0.2) is 0 Å². The predicted octanol–water partition coefficient (Wildman–Crippen LogP) is 5.16. The summed E-state index contributed by atoms with van der Waals surface area (Å²) in [6.45, 7) is 5.04. The molecule has 36 heavy (non-hydrogen) atoms. The normalized spacial score (nSPS) is 19.1. The molecule has 192 valence electrons. The third-order valence-corrected chi connectivity index (χ3v) is 6.68. The second-order valence-corrected chi connectivity index (χ2v) is 10.5. The Kier molecular flexibility index (Phi) is 7.52. The van der Waals surface area contributed by atoms with Gasteiger partial charge in [-0.05, 0) is 68.7 Å². The molecule has 2 aromatic rings. The lowest BCUT2D eigenvalue weighted by Gasteiger charge is -2.36. The number of carboxylic acid groups (broad SMARTS) is 1. The fourth-order valence-corrected chi connectivity index (χ4v) is 5.22. The number of ether oxygens (including phenoxy) is 2. The maximum Gasteiger partial charge on any atom is 0.410 e.